The summed E-state index contributed by atoms with van der Waals surface area (Å²) in [6.45, 7) is 16.6. The van der Waals surface area contributed by atoms with E-state index in [0.717, 1.165) is 47.0 Å². The van der Waals surface area contributed by atoms with Crippen LogP contribution >= 0.6 is 0 Å². The summed E-state index contributed by atoms with van der Waals surface area (Å²) in [6, 6.07) is 15.5. The zero-order chi connectivity index (χ0) is 47.6. The van der Waals surface area contributed by atoms with Crippen LogP contribution in [0.25, 0.3) is 0 Å². The van der Waals surface area contributed by atoms with Crippen LogP contribution in [0.15, 0.2) is 48.5 Å². The number of hydrogen-bond donors (Lipinski definition) is 8. The SMILES string of the molecule is CCC1OC(OC2C(CO)OC(OC3C(CO)OC(Oc4c(Oc5ccc(C(C)C)cc5C)cc(C(C)C)cc4Oc4ccc(C(C)C)cc4C)C(O)C3O)C(O)C2O)[CH]([Re])C(O)C1O. The van der Waals surface area contributed by atoms with Crippen molar-refractivity contribution in [2.45, 2.75) is 177 Å². The zero-order valence-corrected chi connectivity index (χ0v) is 41.1. The third kappa shape index (κ3) is 11.4. The Bertz CT molecular complexity index is 1950. The predicted molar refractivity (Wildman–Crippen MR) is 232 cm³/mol. The van der Waals surface area contributed by atoms with E-state index in [1.54, 1.807) is 6.92 Å². The van der Waals surface area contributed by atoms with Crippen LogP contribution in [-0.4, -0.2) is 140 Å². The number of aryl methyl sites for hydroxylation is 2. The minimum absolute atomic E-state index is 0.0147. The maximum atomic E-state index is 11.7. The van der Waals surface area contributed by atoms with Gasteiger partial charge >= 0.3 is 201 Å². The Hall–Kier alpha value is -2.80. The molecule has 17 heteroatoms. The number of ether oxygens (including phenoxy) is 8. The maximum absolute atomic E-state index is 11.7. The first-order valence-corrected chi connectivity index (χ1v) is 24.0. The van der Waals surface area contributed by atoms with Gasteiger partial charge in [0.15, 0.2) is 11.5 Å². The molecule has 0 radical (unpaired) electrons. The van der Waals surface area contributed by atoms with Crippen LogP contribution in [0.2, 0.25) is 4.39 Å². The predicted octanol–water partition coefficient (Wildman–Crippen LogP) is 4.48. The molecule has 0 aliphatic carbocycles. The van der Waals surface area contributed by atoms with Crippen LogP contribution in [0.3, 0.4) is 0 Å². The van der Waals surface area contributed by atoms with E-state index in [2.05, 4.69) is 27.7 Å². The molecule has 16 nitrogen and oxygen atoms in total. The van der Waals surface area contributed by atoms with Crippen LogP contribution in [0.1, 0.15) is 100 Å². The molecular formula is C48H67O16Re. The summed E-state index contributed by atoms with van der Waals surface area (Å²) in [5.74, 6) is 2.17. The first kappa shape index (κ1) is 51.6. The zero-order valence-electron chi connectivity index (χ0n) is 38.4. The number of hydrogen-bond acceptors (Lipinski definition) is 16. The van der Waals surface area contributed by atoms with Gasteiger partial charge in [-0.15, -0.1) is 0 Å². The Morgan fingerprint density at radius 2 is 0.954 bits per heavy atom. The molecule has 6 rings (SSSR count). The molecule has 3 aliphatic rings. The van der Waals surface area contributed by atoms with Gasteiger partial charge in [-0.1, -0.05) is 65.8 Å². The van der Waals surface area contributed by atoms with Crippen molar-refractivity contribution >= 4 is 0 Å². The molecule has 3 fully saturated rings. The van der Waals surface area contributed by atoms with Crippen LogP contribution in [0.5, 0.6) is 28.7 Å². The van der Waals surface area contributed by atoms with Gasteiger partial charge in [0.05, 0.1) is 0 Å². The van der Waals surface area contributed by atoms with E-state index in [9.17, 15) is 40.9 Å². The van der Waals surface area contributed by atoms with Crippen LogP contribution in [0, 0.1) is 13.8 Å². The monoisotopic (exact) mass is 1090 g/mol. The van der Waals surface area contributed by atoms with Gasteiger partial charge in [0.25, 0.3) is 0 Å². The molecule has 3 heterocycles. The van der Waals surface area contributed by atoms with Gasteiger partial charge in [0.1, 0.15) is 11.5 Å². The second-order valence-electron chi connectivity index (χ2n) is 18.2. The average molecular weight is 1090 g/mol. The Kier molecular flexibility index (Phi) is 17.5. The van der Waals surface area contributed by atoms with E-state index in [-0.39, 0.29) is 35.0 Å². The Labute approximate surface area is 391 Å². The third-order valence-corrected chi connectivity index (χ3v) is 14.0. The number of aliphatic hydroxyl groups excluding tert-OH is 8. The van der Waals surface area contributed by atoms with E-state index < -0.39 is 104 Å². The van der Waals surface area contributed by atoms with E-state index in [0.29, 0.717) is 17.9 Å². The van der Waals surface area contributed by atoms with Crippen molar-refractivity contribution in [2.24, 2.45) is 0 Å². The molecular weight excluding hydrogens is 1020 g/mol. The molecule has 8 N–H and O–H groups in total. The molecule has 15 atom stereocenters. The van der Waals surface area contributed by atoms with Crippen LogP contribution < -0.4 is 14.2 Å². The van der Waals surface area contributed by atoms with E-state index in [1.807, 2.05) is 76.2 Å². The first-order valence-electron chi connectivity index (χ1n) is 22.4. The molecule has 65 heavy (non-hydrogen) atoms. The number of rotatable bonds is 16. The van der Waals surface area contributed by atoms with Gasteiger partial charge in [-0.25, -0.2) is 0 Å². The summed E-state index contributed by atoms with van der Waals surface area (Å²) >= 11 is 1.08. The quantitative estimate of drug-likeness (QED) is 0.0988. The summed E-state index contributed by atoms with van der Waals surface area (Å²) < 4.78 is 48.9. The fraction of sp³-hybridized carbons (Fsp3) is 0.625. The number of aliphatic hydroxyl groups is 8. The van der Waals surface area contributed by atoms with Crippen molar-refractivity contribution < 1.29 is 97.9 Å². The van der Waals surface area contributed by atoms with Crippen LogP contribution in [0.4, 0.5) is 0 Å². The molecule has 362 valence electrons. The van der Waals surface area contributed by atoms with Crippen molar-refractivity contribution in [3.63, 3.8) is 0 Å². The topological polar surface area (TPSA) is 236 Å². The second kappa shape index (κ2) is 22.1. The summed E-state index contributed by atoms with van der Waals surface area (Å²) in [7, 11) is 0. The summed E-state index contributed by atoms with van der Waals surface area (Å²) in [4.78, 5) is 0. The summed E-state index contributed by atoms with van der Waals surface area (Å²) in [5.41, 5.74) is 4.84. The van der Waals surface area contributed by atoms with Crippen molar-refractivity contribution in [1.29, 1.82) is 0 Å². The van der Waals surface area contributed by atoms with E-state index >= 15 is 0 Å². The normalized spacial score (nSPS) is 33.2. The molecule has 3 aliphatic heterocycles. The first-order chi connectivity index (χ1) is 30.8. The molecule has 0 saturated carbocycles. The molecule has 3 aromatic carbocycles. The van der Waals surface area contributed by atoms with Gasteiger partial charge < -0.3 is 14.2 Å². The van der Waals surface area contributed by atoms with Gasteiger partial charge in [-0.3, -0.25) is 0 Å². The van der Waals surface area contributed by atoms with Gasteiger partial charge in [-0.2, -0.15) is 0 Å². The van der Waals surface area contributed by atoms with Crippen molar-refractivity contribution in [3.05, 3.63) is 76.3 Å². The molecule has 0 aromatic heterocycles. The summed E-state index contributed by atoms with van der Waals surface area (Å²) in [5, 5.41) is 88.1. The fourth-order valence-corrected chi connectivity index (χ4v) is 9.11. The Morgan fingerprint density at radius 3 is 1.38 bits per heavy atom. The standard InChI is InChI=1S/C48H67O16.Re/c1-10-31-39(52)30(51)19-38(59-31)62-45-36(20-49)60-48(42(55)40(45)53)64-46-37(21-50)61-47(43(56)41(46)54)63-44-34(57-32-13-11-27(22(2)3)15-25(32)8)17-29(24(6)7)18-35(44)58-33-14-12-28(23(4)5)16-26(33)9;/h11-19,22-24,30-31,36-43,45-56H,10,20-21H2,1-9H3;. The molecule has 3 aromatic rings. The van der Waals surface area contributed by atoms with Crippen LogP contribution in [-0.2, 0) is 42.9 Å². The average Bonchev–Trinajstić information content (AvgIpc) is 3.27. The van der Waals surface area contributed by atoms with Crippen molar-refractivity contribution in [3.8, 4) is 28.7 Å². The fourth-order valence-electron chi connectivity index (χ4n) is 8.15. The van der Waals surface area contributed by atoms with Gasteiger partial charge in [0.2, 0.25) is 5.75 Å². The van der Waals surface area contributed by atoms with Gasteiger partial charge in [0, 0.05) is 0 Å². The van der Waals surface area contributed by atoms with E-state index in [1.165, 1.54) is 0 Å². The molecule has 3 saturated heterocycles. The van der Waals surface area contributed by atoms with Gasteiger partial charge in [-0.05, 0) is 83.7 Å². The minimum atomic E-state index is -1.85. The van der Waals surface area contributed by atoms with Crippen molar-refractivity contribution in [2.75, 3.05) is 13.2 Å². The third-order valence-electron chi connectivity index (χ3n) is 12.4. The molecule has 0 bridgehead atoms. The van der Waals surface area contributed by atoms with E-state index in [4.69, 9.17) is 37.9 Å². The second-order valence-corrected chi connectivity index (χ2v) is 20.0. The molecule has 15 unspecified atom stereocenters. The molecule has 0 amide bonds. The number of benzene rings is 3. The Balaban J connectivity index is 1.27. The Morgan fingerprint density at radius 1 is 0.523 bits per heavy atom. The summed E-state index contributed by atoms with van der Waals surface area (Å²) in [6.07, 6.45) is -20.2. The van der Waals surface area contributed by atoms with Crippen molar-refractivity contribution in [1.82, 2.24) is 0 Å². The molecule has 0 spiro atoms.